The number of aliphatic imine (C=N–C) groups is 1. The van der Waals surface area contributed by atoms with Crippen molar-refractivity contribution < 1.29 is 9.84 Å². The fourth-order valence-electron chi connectivity index (χ4n) is 1.60. The van der Waals surface area contributed by atoms with Crippen molar-refractivity contribution >= 4 is 6.40 Å². The molecule has 0 radical (unpaired) electrons. The van der Waals surface area contributed by atoms with Crippen molar-refractivity contribution in [2.75, 3.05) is 0 Å². The third-order valence-electron chi connectivity index (χ3n) is 2.22. The summed E-state index contributed by atoms with van der Waals surface area (Å²) in [7, 11) is 0. The molecule has 3 nitrogen and oxygen atoms in total. The van der Waals surface area contributed by atoms with Crippen molar-refractivity contribution in [1.82, 2.24) is 0 Å². The molecule has 1 heterocycles. The zero-order valence-electron chi connectivity index (χ0n) is 5.73. The Kier molecular flexibility index (Phi) is 1.38. The maximum Gasteiger partial charge on any atom is 0.170 e. The van der Waals surface area contributed by atoms with Gasteiger partial charge in [0.1, 0.15) is 6.10 Å². The van der Waals surface area contributed by atoms with Gasteiger partial charge in [-0.25, -0.2) is 0 Å². The highest BCUT2D eigenvalue weighted by molar-refractivity contribution is 5.50. The van der Waals surface area contributed by atoms with E-state index in [1.54, 1.807) is 0 Å². The fraction of sp³-hybridized carbons (Fsp3) is 0.857. The number of hydrogen-bond acceptors (Lipinski definition) is 3. The first-order chi connectivity index (χ1) is 4.86. The van der Waals surface area contributed by atoms with Gasteiger partial charge in [-0.05, 0) is 12.8 Å². The summed E-state index contributed by atoms with van der Waals surface area (Å²) in [6.45, 7) is 0. The number of nitrogens with zero attached hydrogens (tertiary/aromatic N) is 1. The molecule has 0 aromatic rings. The number of rotatable bonds is 0. The van der Waals surface area contributed by atoms with Crippen LogP contribution in [0.1, 0.15) is 19.3 Å². The maximum absolute atomic E-state index is 9.22. The van der Waals surface area contributed by atoms with E-state index in [0.717, 1.165) is 19.3 Å². The summed E-state index contributed by atoms with van der Waals surface area (Å²) in [4.78, 5) is 4.13. The van der Waals surface area contributed by atoms with Crippen LogP contribution < -0.4 is 0 Å². The van der Waals surface area contributed by atoms with E-state index in [1.807, 2.05) is 0 Å². The molecule has 0 saturated heterocycles. The van der Waals surface area contributed by atoms with Gasteiger partial charge in [-0.3, -0.25) is 4.99 Å². The number of ether oxygens (including phenoxy) is 1. The van der Waals surface area contributed by atoms with Gasteiger partial charge in [0.05, 0.1) is 12.1 Å². The molecule has 2 rings (SSSR count). The lowest BCUT2D eigenvalue weighted by molar-refractivity contribution is 0.0527. The first-order valence-corrected chi connectivity index (χ1v) is 3.71. The molecule has 1 N–H and O–H groups in total. The average molecular weight is 141 g/mol. The Morgan fingerprint density at radius 2 is 2.40 bits per heavy atom. The van der Waals surface area contributed by atoms with E-state index in [4.69, 9.17) is 4.74 Å². The van der Waals surface area contributed by atoms with Crippen molar-refractivity contribution in [2.45, 2.75) is 37.5 Å². The number of aliphatic hydroxyl groups is 1. The minimum absolute atomic E-state index is 0.164. The molecule has 0 amide bonds. The van der Waals surface area contributed by atoms with Crippen LogP contribution in [0.2, 0.25) is 0 Å². The highest BCUT2D eigenvalue weighted by Crippen LogP contribution is 2.26. The Morgan fingerprint density at radius 3 is 3.30 bits per heavy atom. The summed E-state index contributed by atoms with van der Waals surface area (Å²) in [5.41, 5.74) is 0. The fourth-order valence-corrected chi connectivity index (χ4v) is 1.60. The SMILES string of the molecule is OC1CCC2N=COC2C1. The highest BCUT2D eigenvalue weighted by Gasteiger charge is 2.32. The molecule has 3 heteroatoms. The smallest absolute Gasteiger partial charge is 0.170 e. The second-order valence-electron chi connectivity index (χ2n) is 2.96. The summed E-state index contributed by atoms with van der Waals surface area (Å²) in [6.07, 6.45) is 4.13. The quantitative estimate of drug-likeness (QED) is 0.528. The van der Waals surface area contributed by atoms with Gasteiger partial charge in [-0.1, -0.05) is 0 Å². The predicted molar refractivity (Wildman–Crippen MR) is 37.0 cm³/mol. The van der Waals surface area contributed by atoms with Crippen LogP contribution in [-0.4, -0.2) is 29.8 Å². The van der Waals surface area contributed by atoms with Crippen molar-refractivity contribution in [2.24, 2.45) is 4.99 Å². The highest BCUT2D eigenvalue weighted by atomic mass is 16.5. The Morgan fingerprint density at radius 1 is 1.50 bits per heavy atom. The van der Waals surface area contributed by atoms with Crippen LogP contribution in [0.25, 0.3) is 0 Å². The van der Waals surface area contributed by atoms with Gasteiger partial charge in [0.2, 0.25) is 0 Å². The molecule has 2 aliphatic rings. The molecule has 1 aliphatic carbocycles. The maximum atomic E-state index is 9.22. The van der Waals surface area contributed by atoms with E-state index in [9.17, 15) is 5.11 Å². The van der Waals surface area contributed by atoms with Crippen LogP contribution in [-0.2, 0) is 4.74 Å². The minimum Gasteiger partial charge on any atom is -0.478 e. The third kappa shape index (κ3) is 0.904. The van der Waals surface area contributed by atoms with Crippen molar-refractivity contribution in [3.8, 4) is 0 Å². The van der Waals surface area contributed by atoms with E-state index < -0.39 is 0 Å². The predicted octanol–water partition coefficient (Wildman–Crippen LogP) is 0.327. The number of fused-ring (bicyclic) bond motifs is 1. The van der Waals surface area contributed by atoms with Gasteiger partial charge in [0.25, 0.3) is 0 Å². The van der Waals surface area contributed by atoms with Gasteiger partial charge in [0.15, 0.2) is 6.40 Å². The van der Waals surface area contributed by atoms with Gasteiger partial charge in [-0.15, -0.1) is 0 Å². The summed E-state index contributed by atoms with van der Waals surface area (Å²) in [5, 5.41) is 9.22. The summed E-state index contributed by atoms with van der Waals surface area (Å²) in [6, 6.07) is 0.336. The number of aliphatic hydroxyl groups excluding tert-OH is 1. The molecule has 1 saturated carbocycles. The molecule has 56 valence electrons. The van der Waals surface area contributed by atoms with Crippen molar-refractivity contribution in [1.29, 1.82) is 0 Å². The van der Waals surface area contributed by atoms with Crippen molar-refractivity contribution in [3.05, 3.63) is 0 Å². The van der Waals surface area contributed by atoms with Crippen molar-refractivity contribution in [3.63, 3.8) is 0 Å². The van der Waals surface area contributed by atoms with E-state index in [1.165, 1.54) is 6.40 Å². The molecule has 0 bridgehead atoms. The molecule has 1 fully saturated rings. The summed E-state index contributed by atoms with van der Waals surface area (Å²) < 4.78 is 5.18. The molecule has 0 aromatic carbocycles. The molecule has 0 spiro atoms. The van der Waals surface area contributed by atoms with Gasteiger partial charge < -0.3 is 9.84 Å². The molecule has 10 heavy (non-hydrogen) atoms. The van der Waals surface area contributed by atoms with Gasteiger partial charge in [0, 0.05) is 6.42 Å². The molecule has 3 atom stereocenters. The molecule has 3 unspecified atom stereocenters. The largest absolute Gasteiger partial charge is 0.478 e. The molecule has 1 aliphatic heterocycles. The van der Waals surface area contributed by atoms with Crippen LogP contribution in [0.3, 0.4) is 0 Å². The first-order valence-electron chi connectivity index (χ1n) is 3.71. The average Bonchev–Trinajstić information content (AvgIpc) is 2.33. The Labute approximate surface area is 59.7 Å². The van der Waals surface area contributed by atoms with Crippen LogP contribution in [0.5, 0.6) is 0 Å². The van der Waals surface area contributed by atoms with E-state index in [2.05, 4.69) is 4.99 Å². The molecule has 0 aromatic heterocycles. The Bertz CT molecular complexity index is 158. The van der Waals surface area contributed by atoms with E-state index >= 15 is 0 Å². The van der Waals surface area contributed by atoms with E-state index in [-0.39, 0.29) is 12.2 Å². The molecular formula is C7H11NO2. The number of hydrogen-bond donors (Lipinski definition) is 1. The van der Waals surface area contributed by atoms with Crippen LogP contribution in [0.4, 0.5) is 0 Å². The topological polar surface area (TPSA) is 41.8 Å². The lowest BCUT2D eigenvalue weighted by atomic mass is 9.91. The third-order valence-corrected chi connectivity index (χ3v) is 2.22. The van der Waals surface area contributed by atoms with Crippen LogP contribution in [0.15, 0.2) is 4.99 Å². The van der Waals surface area contributed by atoms with Crippen LogP contribution >= 0.6 is 0 Å². The van der Waals surface area contributed by atoms with Gasteiger partial charge >= 0.3 is 0 Å². The molecular weight excluding hydrogens is 130 g/mol. The zero-order chi connectivity index (χ0) is 6.97. The minimum atomic E-state index is -0.164. The lowest BCUT2D eigenvalue weighted by Gasteiger charge is -2.25. The first kappa shape index (κ1) is 6.16. The monoisotopic (exact) mass is 141 g/mol. The Hall–Kier alpha value is -0.570. The summed E-state index contributed by atoms with van der Waals surface area (Å²) in [5.74, 6) is 0. The second-order valence-corrected chi connectivity index (χ2v) is 2.96. The normalized spacial score (nSPS) is 44.7. The van der Waals surface area contributed by atoms with E-state index in [0.29, 0.717) is 6.04 Å². The second kappa shape index (κ2) is 2.23. The lowest BCUT2D eigenvalue weighted by Crippen LogP contribution is -2.33. The standard InChI is InChI=1S/C7H11NO2/c9-5-1-2-6-7(3-5)10-4-8-6/h4-7,9H,1-3H2. The summed E-state index contributed by atoms with van der Waals surface area (Å²) >= 11 is 0. The Balaban J connectivity index is 2.01. The zero-order valence-corrected chi connectivity index (χ0v) is 5.73. The van der Waals surface area contributed by atoms with Gasteiger partial charge in [-0.2, -0.15) is 0 Å². The van der Waals surface area contributed by atoms with Crippen LogP contribution in [0, 0.1) is 0 Å².